The van der Waals surface area contributed by atoms with Gasteiger partial charge >= 0.3 is 0 Å². The molecule has 0 N–H and O–H groups in total. The molecular formula is C18H12ClF3N2. The molecule has 0 spiro atoms. The monoisotopic (exact) mass is 348 g/mol. The van der Waals surface area contributed by atoms with Crippen LogP contribution in [0.5, 0.6) is 0 Å². The van der Waals surface area contributed by atoms with Crippen molar-refractivity contribution in [2.24, 2.45) is 0 Å². The van der Waals surface area contributed by atoms with Gasteiger partial charge in [0.25, 0.3) is 0 Å². The predicted molar refractivity (Wildman–Crippen MR) is 87.3 cm³/mol. The SMILES string of the molecule is Cc1nnc(C)c(-c2c(F)cc(F)cc2F)c1-c1ccc(Cl)cc1. The van der Waals surface area contributed by atoms with E-state index < -0.39 is 17.5 Å². The lowest BCUT2D eigenvalue weighted by Crippen LogP contribution is -2.03. The van der Waals surface area contributed by atoms with E-state index in [4.69, 9.17) is 11.6 Å². The first-order valence-electron chi connectivity index (χ1n) is 7.13. The second-order valence-electron chi connectivity index (χ2n) is 5.37. The smallest absolute Gasteiger partial charge is 0.136 e. The maximum Gasteiger partial charge on any atom is 0.136 e. The zero-order chi connectivity index (χ0) is 17.4. The largest absolute Gasteiger partial charge is 0.207 e. The summed E-state index contributed by atoms with van der Waals surface area (Å²) < 4.78 is 41.9. The Kier molecular flexibility index (Phi) is 4.28. The van der Waals surface area contributed by atoms with Gasteiger partial charge in [-0.3, -0.25) is 0 Å². The van der Waals surface area contributed by atoms with Crippen LogP contribution in [0.1, 0.15) is 11.4 Å². The maximum absolute atomic E-state index is 14.3. The maximum atomic E-state index is 14.3. The summed E-state index contributed by atoms with van der Waals surface area (Å²) >= 11 is 5.91. The van der Waals surface area contributed by atoms with Gasteiger partial charge in [0.1, 0.15) is 17.5 Å². The second kappa shape index (κ2) is 6.24. The lowest BCUT2D eigenvalue weighted by molar-refractivity contribution is 0.547. The highest BCUT2D eigenvalue weighted by Crippen LogP contribution is 2.38. The van der Waals surface area contributed by atoms with E-state index in [2.05, 4.69) is 10.2 Å². The molecule has 6 heteroatoms. The second-order valence-corrected chi connectivity index (χ2v) is 5.81. The Morgan fingerprint density at radius 2 is 1.25 bits per heavy atom. The van der Waals surface area contributed by atoms with Crippen molar-refractivity contribution >= 4 is 11.6 Å². The lowest BCUT2D eigenvalue weighted by atomic mass is 9.92. The van der Waals surface area contributed by atoms with Crippen LogP contribution in [0.3, 0.4) is 0 Å². The number of aromatic nitrogens is 2. The molecule has 0 aliphatic carbocycles. The van der Waals surface area contributed by atoms with Gasteiger partial charge in [-0.2, -0.15) is 10.2 Å². The molecule has 1 aromatic heterocycles. The van der Waals surface area contributed by atoms with Crippen LogP contribution < -0.4 is 0 Å². The average molecular weight is 349 g/mol. The summed E-state index contributed by atoms with van der Waals surface area (Å²) in [6.07, 6.45) is 0. The van der Waals surface area contributed by atoms with E-state index in [0.717, 1.165) is 0 Å². The molecule has 0 unspecified atom stereocenters. The number of benzene rings is 2. The first kappa shape index (κ1) is 16.5. The van der Waals surface area contributed by atoms with Crippen LogP contribution in [-0.4, -0.2) is 10.2 Å². The molecule has 0 radical (unpaired) electrons. The van der Waals surface area contributed by atoms with Gasteiger partial charge in [-0.25, -0.2) is 13.2 Å². The number of halogens is 4. The fourth-order valence-corrected chi connectivity index (χ4v) is 2.79. The fourth-order valence-electron chi connectivity index (χ4n) is 2.67. The highest BCUT2D eigenvalue weighted by Gasteiger charge is 2.22. The number of rotatable bonds is 2. The average Bonchev–Trinajstić information content (AvgIpc) is 2.51. The fraction of sp³-hybridized carbons (Fsp3) is 0.111. The summed E-state index contributed by atoms with van der Waals surface area (Å²) in [5.74, 6) is -2.95. The Morgan fingerprint density at radius 1 is 0.750 bits per heavy atom. The third kappa shape index (κ3) is 2.87. The number of nitrogens with zero attached hydrogens (tertiary/aromatic N) is 2. The van der Waals surface area contributed by atoms with Crippen molar-refractivity contribution in [1.82, 2.24) is 10.2 Å². The van der Waals surface area contributed by atoms with Gasteiger partial charge in [0.05, 0.1) is 17.0 Å². The van der Waals surface area contributed by atoms with E-state index >= 15 is 0 Å². The molecule has 24 heavy (non-hydrogen) atoms. The van der Waals surface area contributed by atoms with Crippen molar-refractivity contribution in [1.29, 1.82) is 0 Å². The molecule has 0 saturated carbocycles. The summed E-state index contributed by atoms with van der Waals surface area (Å²) in [5, 5.41) is 8.54. The molecule has 0 amide bonds. The molecule has 0 atom stereocenters. The molecule has 2 nitrogen and oxygen atoms in total. The van der Waals surface area contributed by atoms with Crippen molar-refractivity contribution < 1.29 is 13.2 Å². The molecule has 0 aliphatic rings. The molecular weight excluding hydrogens is 337 g/mol. The first-order chi connectivity index (χ1) is 11.4. The van der Waals surface area contributed by atoms with E-state index in [-0.39, 0.29) is 11.1 Å². The minimum atomic E-state index is -0.988. The zero-order valence-electron chi connectivity index (χ0n) is 12.9. The molecule has 0 bridgehead atoms. The number of aryl methyl sites for hydroxylation is 2. The minimum absolute atomic E-state index is 0.250. The van der Waals surface area contributed by atoms with E-state index in [0.29, 0.717) is 39.7 Å². The van der Waals surface area contributed by atoms with Gasteiger partial charge in [0, 0.05) is 28.3 Å². The van der Waals surface area contributed by atoms with Crippen LogP contribution in [0.25, 0.3) is 22.3 Å². The van der Waals surface area contributed by atoms with Gasteiger partial charge in [-0.15, -0.1) is 0 Å². The van der Waals surface area contributed by atoms with Crippen LogP contribution in [0.4, 0.5) is 13.2 Å². The van der Waals surface area contributed by atoms with Crippen LogP contribution in [0.15, 0.2) is 36.4 Å². The van der Waals surface area contributed by atoms with Gasteiger partial charge in [-0.1, -0.05) is 23.7 Å². The van der Waals surface area contributed by atoms with Crippen molar-refractivity contribution in [3.05, 3.63) is 70.3 Å². The predicted octanol–water partition coefficient (Wildman–Crippen LogP) is 5.50. The van der Waals surface area contributed by atoms with Crippen LogP contribution in [-0.2, 0) is 0 Å². The Hall–Kier alpha value is -2.40. The highest BCUT2D eigenvalue weighted by atomic mass is 35.5. The highest BCUT2D eigenvalue weighted by molar-refractivity contribution is 6.30. The number of hydrogen-bond donors (Lipinski definition) is 0. The molecule has 1 heterocycles. The first-order valence-corrected chi connectivity index (χ1v) is 7.51. The molecule has 0 aliphatic heterocycles. The molecule has 122 valence electrons. The molecule has 3 aromatic rings. The Labute approximate surface area is 141 Å². The lowest BCUT2D eigenvalue weighted by Gasteiger charge is -2.16. The normalized spacial score (nSPS) is 10.9. The van der Waals surface area contributed by atoms with Gasteiger partial charge in [-0.05, 0) is 31.5 Å². The number of hydrogen-bond acceptors (Lipinski definition) is 2. The molecule has 0 fully saturated rings. The van der Waals surface area contributed by atoms with Gasteiger partial charge < -0.3 is 0 Å². The minimum Gasteiger partial charge on any atom is -0.207 e. The summed E-state index contributed by atoms with van der Waals surface area (Å²) in [5.41, 5.74) is 1.99. The summed E-state index contributed by atoms with van der Waals surface area (Å²) in [6.45, 7) is 3.29. The van der Waals surface area contributed by atoms with Crippen molar-refractivity contribution in [2.45, 2.75) is 13.8 Å². The summed E-state index contributed by atoms with van der Waals surface area (Å²) in [6, 6.07) is 8.11. The standard InChI is InChI=1S/C18H12ClF3N2/c1-9-16(11-3-5-12(19)6-4-11)17(10(2)24-23-9)18-14(21)7-13(20)8-15(18)22/h3-8H,1-2H3. The third-order valence-corrected chi connectivity index (χ3v) is 3.97. The van der Waals surface area contributed by atoms with Gasteiger partial charge in [0.2, 0.25) is 0 Å². The summed E-state index contributed by atoms with van der Waals surface area (Å²) in [7, 11) is 0. The van der Waals surface area contributed by atoms with Crippen LogP contribution in [0.2, 0.25) is 5.02 Å². The third-order valence-electron chi connectivity index (χ3n) is 3.71. The molecule has 0 saturated heterocycles. The van der Waals surface area contributed by atoms with E-state index in [9.17, 15) is 13.2 Å². The van der Waals surface area contributed by atoms with Crippen molar-refractivity contribution in [2.75, 3.05) is 0 Å². The van der Waals surface area contributed by atoms with Crippen LogP contribution >= 0.6 is 11.6 Å². The summed E-state index contributed by atoms with van der Waals surface area (Å²) in [4.78, 5) is 0. The zero-order valence-corrected chi connectivity index (χ0v) is 13.6. The Morgan fingerprint density at radius 3 is 1.79 bits per heavy atom. The molecule has 3 rings (SSSR count). The van der Waals surface area contributed by atoms with Crippen molar-refractivity contribution in [3.63, 3.8) is 0 Å². The van der Waals surface area contributed by atoms with E-state index in [1.54, 1.807) is 38.1 Å². The topological polar surface area (TPSA) is 25.8 Å². The Bertz CT molecular complexity index is 901. The van der Waals surface area contributed by atoms with Crippen LogP contribution in [0, 0.1) is 31.3 Å². The van der Waals surface area contributed by atoms with E-state index in [1.807, 2.05) is 0 Å². The molecule has 2 aromatic carbocycles. The van der Waals surface area contributed by atoms with Gasteiger partial charge in [0.15, 0.2) is 0 Å². The quantitative estimate of drug-likeness (QED) is 0.611. The van der Waals surface area contributed by atoms with E-state index in [1.165, 1.54) is 0 Å². The van der Waals surface area contributed by atoms with Crippen molar-refractivity contribution in [3.8, 4) is 22.3 Å². The Balaban J connectivity index is 2.37.